The molecular formula is C22H25FN4O. The standard InChI is InChI=1S/C22H25FN4O/c23-19-5-3-16(4-6-19)13-26-7-8-27-20(14-26)10-17-9-18(12-24-21(17)27)22(28)25-11-15-1-2-15/h3-6,9,12,15,20H,1-2,7-8,10-11,13-14H2,(H,25,28). The summed E-state index contributed by atoms with van der Waals surface area (Å²) in [6.45, 7) is 4.46. The molecule has 28 heavy (non-hydrogen) atoms. The van der Waals surface area contributed by atoms with Gasteiger partial charge in [-0.3, -0.25) is 9.69 Å². The predicted octanol–water partition coefficient (Wildman–Crippen LogP) is 2.61. The van der Waals surface area contributed by atoms with E-state index in [9.17, 15) is 9.18 Å². The molecule has 0 bridgehead atoms. The maximum atomic E-state index is 13.1. The number of hydrogen-bond acceptors (Lipinski definition) is 4. The maximum Gasteiger partial charge on any atom is 0.252 e. The molecule has 3 aliphatic rings. The highest BCUT2D eigenvalue weighted by molar-refractivity contribution is 5.94. The number of pyridine rings is 1. The van der Waals surface area contributed by atoms with Crippen molar-refractivity contribution < 1.29 is 9.18 Å². The maximum absolute atomic E-state index is 13.1. The lowest BCUT2D eigenvalue weighted by molar-refractivity contribution is 0.0951. The second-order valence-corrected chi connectivity index (χ2v) is 8.27. The number of piperazine rings is 1. The molecule has 1 unspecified atom stereocenters. The fourth-order valence-corrected chi connectivity index (χ4v) is 4.32. The van der Waals surface area contributed by atoms with Crippen LogP contribution < -0.4 is 10.2 Å². The number of carbonyl (C=O) groups is 1. The molecule has 5 nitrogen and oxygen atoms in total. The number of amides is 1. The second-order valence-electron chi connectivity index (χ2n) is 8.27. The van der Waals surface area contributed by atoms with Crippen LogP contribution >= 0.6 is 0 Å². The first kappa shape index (κ1) is 17.6. The van der Waals surface area contributed by atoms with Crippen LogP contribution in [0.5, 0.6) is 0 Å². The number of halogens is 1. The number of anilines is 1. The average molecular weight is 380 g/mol. The minimum Gasteiger partial charge on any atom is -0.352 e. The van der Waals surface area contributed by atoms with Gasteiger partial charge in [0.2, 0.25) is 0 Å². The zero-order valence-corrected chi connectivity index (χ0v) is 15.9. The Morgan fingerprint density at radius 2 is 2.04 bits per heavy atom. The van der Waals surface area contributed by atoms with Gasteiger partial charge in [-0.05, 0) is 54.5 Å². The lowest BCUT2D eigenvalue weighted by atomic mass is 10.1. The summed E-state index contributed by atoms with van der Waals surface area (Å²) in [7, 11) is 0. The first-order valence-electron chi connectivity index (χ1n) is 10.2. The van der Waals surface area contributed by atoms with Crippen molar-refractivity contribution in [1.82, 2.24) is 15.2 Å². The van der Waals surface area contributed by atoms with Gasteiger partial charge in [0.25, 0.3) is 5.91 Å². The first-order valence-corrected chi connectivity index (χ1v) is 10.2. The van der Waals surface area contributed by atoms with Crippen LogP contribution in [-0.2, 0) is 13.0 Å². The average Bonchev–Trinajstić information content (AvgIpc) is 3.46. The molecule has 1 amide bonds. The topological polar surface area (TPSA) is 48.5 Å². The van der Waals surface area contributed by atoms with Crippen molar-refractivity contribution >= 4 is 11.7 Å². The minimum atomic E-state index is -0.192. The summed E-state index contributed by atoms with van der Waals surface area (Å²) in [4.78, 5) is 21.8. The SMILES string of the molecule is O=C(NCC1CC1)c1cnc2c(c1)CC1CN(Cc3ccc(F)cc3)CCN21. The van der Waals surface area contributed by atoms with Crippen molar-refractivity contribution in [3.63, 3.8) is 0 Å². The summed E-state index contributed by atoms with van der Waals surface area (Å²) in [6.07, 6.45) is 5.10. The zero-order valence-electron chi connectivity index (χ0n) is 15.9. The van der Waals surface area contributed by atoms with Crippen molar-refractivity contribution in [2.24, 2.45) is 5.92 Å². The normalized spacial score (nSPS) is 21.3. The Balaban J connectivity index is 1.23. The van der Waals surface area contributed by atoms with Crippen LogP contribution in [0.25, 0.3) is 0 Å². The Morgan fingerprint density at radius 1 is 1.21 bits per heavy atom. The van der Waals surface area contributed by atoms with Gasteiger partial charge >= 0.3 is 0 Å². The second kappa shape index (κ2) is 7.17. The number of benzene rings is 1. The van der Waals surface area contributed by atoms with Crippen LogP contribution in [0, 0.1) is 11.7 Å². The monoisotopic (exact) mass is 380 g/mol. The van der Waals surface area contributed by atoms with Gasteiger partial charge in [-0.25, -0.2) is 9.37 Å². The molecule has 1 atom stereocenters. The minimum absolute atomic E-state index is 0.00925. The molecule has 1 saturated heterocycles. The number of carbonyl (C=O) groups excluding carboxylic acids is 1. The lowest BCUT2D eigenvalue weighted by Gasteiger charge is -2.38. The van der Waals surface area contributed by atoms with Gasteiger partial charge in [-0.2, -0.15) is 0 Å². The molecule has 5 rings (SSSR count). The van der Waals surface area contributed by atoms with Crippen molar-refractivity contribution in [2.75, 3.05) is 31.1 Å². The third-order valence-electron chi connectivity index (χ3n) is 6.07. The fourth-order valence-electron chi connectivity index (χ4n) is 4.32. The third-order valence-corrected chi connectivity index (χ3v) is 6.07. The van der Waals surface area contributed by atoms with Crippen LogP contribution in [0.4, 0.5) is 10.2 Å². The summed E-state index contributed by atoms with van der Waals surface area (Å²) >= 11 is 0. The molecular weight excluding hydrogens is 355 g/mol. The number of fused-ring (bicyclic) bond motifs is 3. The summed E-state index contributed by atoms with van der Waals surface area (Å²) in [5.74, 6) is 1.51. The van der Waals surface area contributed by atoms with E-state index in [0.717, 1.165) is 50.5 Å². The van der Waals surface area contributed by atoms with Crippen molar-refractivity contribution in [3.05, 3.63) is 59.0 Å². The molecule has 1 N–H and O–H groups in total. The van der Waals surface area contributed by atoms with Gasteiger partial charge in [0, 0.05) is 45.0 Å². The Morgan fingerprint density at radius 3 is 2.82 bits per heavy atom. The molecule has 1 aromatic heterocycles. The molecule has 3 heterocycles. The molecule has 0 spiro atoms. The summed E-state index contributed by atoms with van der Waals surface area (Å²) in [6, 6.07) is 9.18. The van der Waals surface area contributed by atoms with Gasteiger partial charge in [0.05, 0.1) is 5.56 Å². The smallest absolute Gasteiger partial charge is 0.252 e. The number of nitrogens with zero attached hydrogens (tertiary/aromatic N) is 3. The highest BCUT2D eigenvalue weighted by Gasteiger charge is 2.35. The van der Waals surface area contributed by atoms with Crippen LogP contribution in [0.15, 0.2) is 36.5 Å². The predicted molar refractivity (Wildman–Crippen MR) is 106 cm³/mol. The lowest BCUT2D eigenvalue weighted by Crippen LogP contribution is -2.51. The molecule has 2 aromatic rings. The zero-order chi connectivity index (χ0) is 19.1. The Hall–Kier alpha value is -2.47. The van der Waals surface area contributed by atoms with E-state index in [1.165, 1.54) is 30.5 Å². The van der Waals surface area contributed by atoms with E-state index >= 15 is 0 Å². The van der Waals surface area contributed by atoms with E-state index in [2.05, 4.69) is 20.1 Å². The van der Waals surface area contributed by atoms with Crippen LogP contribution in [0.1, 0.15) is 34.3 Å². The molecule has 1 aliphatic carbocycles. The molecule has 2 fully saturated rings. The largest absolute Gasteiger partial charge is 0.352 e. The molecule has 1 saturated carbocycles. The molecule has 6 heteroatoms. The van der Waals surface area contributed by atoms with Crippen molar-refractivity contribution in [1.29, 1.82) is 0 Å². The summed E-state index contributed by atoms with van der Waals surface area (Å²) < 4.78 is 13.1. The van der Waals surface area contributed by atoms with Crippen LogP contribution in [-0.4, -0.2) is 48.0 Å². The van der Waals surface area contributed by atoms with Crippen LogP contribution in [0.2, 0.25) is 0 Å². The van der Waals surface area contributed by atoms with E-state index in [1.54, 1.807) is 6.20 Å². The van der Waals surface area contributed by atoms with E-state index in [4.69, 9.17) is 0 Å². The van der Waals surface area contributed by atoms with Crippen LogP contribution in [0.3, 0.4) is 0 Å². The number of nitrogens with one attached hydrogen (secondary N) is 1. The van der Waals surface area contributed by atoms with E-state index in [-0.39, 0.29) is 11.7 Å². The number of hydrogen-bond donors (Lipinski definition) is 1. The highest BCUT2D eigenvalue weighted by Crippen LogP contribution is 2.33. The number of rotatable bonds is 5. The van der Waals surface area contributed by atoms with Gasteiger partial charge in [-0.1, -0.05) is 12.1 Å². The molecule has 146 valence electrons. The van der Waals surface area contributed by atoms with Crippen molar-refractivity contribution in [2.45, 2.75) is 31.8 Å². The molecule has 2 aliphatic heterocycles. The van der Waals surface area contributed by atoms with E-state index < -0.39 is 0 Å². The van der Waals surface area contributed by atoms with Gasteiger partial charge in [0.15, 0.2) is 0 Å². The Bertz CT molecular complexity index is 881. The highest BCUT2D eigenvalue weighted by atomic mass is 19.1. The van der Waals surface area contributed by atoms with Gasteiger partial charge < -0.3 is 10.2 Å². The summed E-state index contributed by atoms with van der Waals surface area (Å²) in [5.41, 5.74) is 2.98. The van der Waals surface area contributed by atoms with Gasteiger partial charge in [-0.15, -0.1) is 0 Å². The van der Waals surface area contributed by atoms with E-state index in [1.807, 2.05) is 18.2 Å². The third kappa shape index (κ3) is 3.61. The van der Waals surface area contributed by atoms with Gasteiger partial charge in [0.1, 0.15) is 11.6 Å². The van der Waals surface area contributed by atoms with E-state index in [0.29, 0.717) is 17.5 Å². The Labute approximate surface area is 164 Å². The Kier molecular flexibility index (Phi) is 4.51. The first-order chi connectivity index (χ1) is 13.7. The number of aromatic nitrogens is 1. The summed E-state index contributed by atoms with van der Waals surface area (Å²) in [5, 5.41) is 3.03. The quantitative estimate of drug-likeness (QED) is 0.866. The molecule has 1 aromatic carbocycles. The van der Waals surface area contributed by atoms with Crippen molar-refractivity contribution in [3.8, 4) is 0 Å². The molecule has 0 radical (unpaired) electrons. The fraction of sp³-hybridized carbons (Fsp3) is 0.455.